The predicted molar refractivity (Wildman–Crippen MR) is 69.1 cm³/mol. The van der Waals surface area contributed by atoms with Crippen molar-refractivity contribution in [1.29, 1.82) is 0 Å². The third-order valence-corrected chi connectivity index (χ3v) is 3.20. The molecule has 0 saturated carbocycles. The van der Waals surface area contributed by atoms with E-state index in [1.54, 1.807) is 4.90 Å². The van der Waals surface area contributed by atoms with Gasteiger partial charge in [-0.25, -0.2) is 0 Å². The summed E-state index contributed by atoms with van der Waals surface area (Å²) in [6, 6.07) is 10.0. The maximum Gasteiger partial charge on any atom is 0.246 e. The van der Waals surface area contributed by atoms with Crippen molar-refractivity contribution < 1.29 is 4.79 Å². The first kappa shape index (κ1) is 11.9. The lowest BCUT2D eigenvalue weighted by Crippen LogP contribution is -2.59. The summed E-state index contributed by atoms with van der Waals surface area (Å²) in [6.45, 7) is 2.35. The van der Waals surface area contributed by atoms with Crippen molar-refractivity contribution in [2.24, 2.45) is 0 Å². The van der Waals surface area contributed by atoms with Crippen molar-refractivity contribution >= 4 is 11.6 Å². The molecule has 0 aliphatic carbocycles. The van der Waals surface area contributed by atoms with Crippen molar-refractivity contribution in [2.75, 3.05) is 38.6 Å². The van der Waals surface area contributed by atoms with Gasteiger partial charge in [-0.05, 0) is 19.2 Å². The minimum Gasteiger partial charge on any atom is -0.357 e. The number of amides is 1. The lowest BCUT2D eigenvalue weighted by molar-refractivity contribution is -0.132. The smallest absolute Gasteiger partial charge is 0.246 e. The van der Waals surface area contributed by atoms with E-state index in [9.17, 15) is 4.79 Å². The standard InChI is InChI=1S/C13H19N3O/c1-14-10-12-13(17)15(2)8-9-16(12)11-6-4-3-5-7-11/h3-7,12,14H,8-10H2,1-2H3. The predicted octanol–water partition coefficient (Wildman–Crippen LogP) is 0.553. The molecule has 17 heavy (non-hydrogen) atoms. The summed E-state index contributed by atoms with van der Waals surface area (Å²) >= 11 is 0. The van der Waals surface area contributed by atoms with Crippen LogP contribution in [0.2, 0.25) is 0 Å². The van der Waals surface area contributed by atoms with Crippen LogP contribution < -0.4 is 10.2 Å². The van der Waals surface area contributed by atoms with Crippen molar-refractivity contribution in [3.8, 4) is 0 Å². The first-order valence-corrected chi connectivity index (χ1v) is 5.95. The first-order chi connectivity index (χ1) is 8.24. The van der Waals surface area contributed by atoms with Crippen LogP contribution in [-0.2, 0) is 4.79 Å². The Morgan fingerprint density at radius 1 is 1.29 bits per heavy atom. The molecule has 0 spiro atoms. The molecule has 1 aliphatic heterocycles. The highest BCUT2D eigenvalue weighted by molar-refractivity contribution is 5.86. The molecule has 0 aromatic heterocycles. The molecule has 1 unspecified atom stereocenters. The fourth-order valence-electron chi connectivity index (χ4n) is 2.23. The summed E-state index contributed by atoms with van der Waals surface area (Å²) in [5.41, 5.74) is 1.12. The van der Waals surface area contributed by atoms with E-state index in [-0.39, 0.29) is 11.9 Å². The van der Waals surface area contributed by atoms with E-state index in [2.05, 4.69) is 22.3 Å². The van der Waals surface area contributed by atoms with E-state index < -0.39 is 0 Å². The second-order valence-electron chi connectivity index (χ2n) is 4.36. The number of anilines is 1. The van der Waals surface area contributed by atoms with Gasteiger partial charge in [-0.3, -0.25) is 4.79 Å². The molecule has 0 radical (unpaired) electrons. The second-order valence-corrected chi connectivity index (χ2v) is 4.36. The summed E-state index contributed by atoms with van der Waals surface area (Å²) in [4.78, 5) is 16.1. The minimum atomic E-state index is -0.0962. The van der Waals surface area contributed by atoms with Gasteiger partial charge in [0, 0.05) is 32.4 Å². The van der Waals surface area contributed by atoms with E-state index in [1.165, 1.54) is 0 Å². The van der Waals surface area contributed by atoms with Gasteiger partial charge in [0.25, 0.3) is 0 Å². The number of piperazine rings is 1. The average Bonchev–Trinajstić information content (AvgIpc) is 2.36. The Kier molecular flexibility index (Phi) is 3.64. The third-order valence-electron chi connectivity index (χ3n) is 3.20. The van der Waals surface area contributed by atoms with Crippen LogP contribution in [0.4, 0.5) is 5.69 Å². The normalized spacial score (nSPS) is 20.8. The lowest BCUT2D eigenvalue weighted by Gasteiger charge is -2.40. The van der Waals surface area contributed by atoms with E-state index in [4.69, 9.17) is 0 Å². The number of nitrogens with zero attached hydrogens (tertiary/aromatic N) is 2. The lowest BCUT2D eigenvalue weighted by atomic mass is 10.1. The number of likely N-dealkylation sites (N-methyl/N-ethyl adjacent to an activating group) is 2. The quantitative estimate of drug-likeness (QED) is 0.828. The van der Waals surface area contributed by atoms with Gasteiger partial charge in [-0.15, -0.1) is 0 Å². The largest absolute Gasteiger partial charge is 0.357 e. The van der Waals surface area contributed by atoms with Crippen LogP contribution in [0, 0.1) is 0 Å². The molecule has 92 valence electrons. The summed E-state index contributed by atoms with van der Waals surface area (Å²) < 4.78 is 0. The van der Waals surface area contributed by atoms with Crippen LogP contribution in [-0.4, -0.2) is 50.6 Å². The first-order valence-electron chi connectivity index (χ1n) is 5.95. The van der Waals surface area contributed by atoms with Crippen LogP contribution in [0.1, 0.15) is 0 Å². The van der Waals surface area contributed by atoms with Crippen LogP contribution in [0.5, 0.6) is 0 Å². The third kappa shape index (κ3) is 2.42. The zero-order valence-corrected chi connectivity index (χ0v) is 10.4. The van der Waals surface area contributed by atoms with E-state index in [1.807, 2.05) is 32.3 Å². The van der Waals surface area contributed by atoms with Gasteiger partial charge in [0.2, 0.25) is 5.91 Å². The Labute approximate surface area is 102 Å². The SMILES string of the molecule is CNCC1C(=O)N(C)CCN1c1ccccc1. The number of para-hydroxylation sites is 1. The van der Waals surface area contributed by atoms with Crippen LogP contribution >= 0.6 is 0 Å². The molecular formula is C13H19N3O. The van der Waals surface area contributed by atoms with Gasteiger partial charge in [0.15, 0.2) is 0 Å². The number of carbonyl (C=O) groups excluding carboxylic acids is 1. The molecule has 1 aliphatic rings. The van der Waals surface area contributed by atoms with Crippen molar-refractivity contribution in [1.82, 2.24) is 10.2 Å². The summed E-state index contributed by atoms with van der Waals surface area (Å²) in [5.74, 6) is 0.189. The van der Waals surface area contributed by atoms with Crippen LogP contribution in [0.3, 0.4) is 0 Å². The molecular weight excluding hydrogens is 214 g/mol. The van der Waals surface area contributed by atoms with Gasteiger partial charge in [0.1, 0.15) is 6.04 Å². The number of rotatable bonds is 3. The minimum absolute atomic E-state index is 0.0962. The van der Waals surface area contributed by atoms with Gasteiger partial charge >= 0.3 is 0 Å². The number of carbonyl (C=O) groups is 1. The molecule has 4 heteroatoms. The average molecular weight is 233 g/mol. The molecule has 1 saturated heterocycles. The monoisotopic (exact) mass is 233 g/mol. The highest BCUT2D eigenvalue weighted by Gasteiger charge is 2.32. The van der Waals surface area contributed by atoms with Crippen LogP contribution in [0.25, 0.3) is 0 Å². The zero-order chi connectivity index (χ0) is 12.3. The summed E-state index contributed by atoms with van der Waals surface area (Å²) in [6.07, 6.45) is 0. The van der Waals surface area contributed by atoms with Gasteiger partial charge < -0.3 is 15.1 Å². The summed E-state index contributed by atoms with van der Waals surface area (Å²) in [5, 5.41) is 3.10. The van der Waals surface area contributed by atoms with Crippen molar-refractivity contribution in [3.63, 3.8) is 0 Å². The Balaban J connectivity index is 2.23. The molecule has 1 heterocycles. The molecule has 4 nitrogen and oxygen atoms in total. The molecule has 1 aromatic carbocycles. The molecule has 1 atom stereocenters. The number of hydrogen-bond acceptors (Lipinski definition) is 3. The van der Waals surface area contributed by atoms with Gasteiger partial charge in [-0.2, -0.15) is 0 Å². The molecule has 0 bridgehead atoms. The number of benzene rings is 1. The van der Waals surface area contributed by atoms with Crippen molar-refractivity contribution in [3.05, 3.63) is 30.3 Å². The highest BCUT2D eigenvalue weighted by atomic mass is 16.2. The van der Waals surface area contributed by atoms with Gasteiger partial charge in [-0.1, -0.05) is 18.2 Å². The Hall–Kier alpha value is -1.55. The fourth-order valence-corrected chi connectivity index (χ4v) is 2.23. The molecule has 1 fully saturated rings. The Morgan fingerprint density at radius 2 is 2.00 bits per heavy atom. The Bertz CT molecular complexity index is 380. The van der Waals surface area contributed by atoms with E-state index in [0.29, 0.717) is 6.54 Å². The van der Waals surface area contributed by atoms with Crippen LogP contribution in [0.15, 0.2) is 30.3 Å². The Morgan fingerprint density at radius 3 is 2.65 bits per heavy atom. The zero-order valence-electron chi connectivity index (χ0n) is 10.4. The molecule has 2 rings (SSSR count). The maximum absolute atomic E-state index is 12.1. The number of hydrogen-bond donors (Lipinski definition) is 1. The number of nitrogens with one attached hydrogen (secondary N) is 1. The van der Waals surface area contributed by atoms with E-state index in [0.717, 1.165) is 18.8 Å². The molecule has 1 aromatic rings. The maximum atomic E-state index is 12.1. The fraction of sp³-hybridized carbons (Fsp3) is 0.462. The molecule has 1 amide bonds. The topological polar surface area (TPSA) is 35.6 Å². The molecule has 1 N–H and O–H groups in total. The second kappa shape index (κ2) is 5.19. The summed E-state index contributed by atoms with van der Waals surface area (Å²) in [7, 11) is 3.75. The van der Waals surface area contributed by atoms with Gasteiger partial charge in [0.05, 0.1) is 0 Å². The van der Waals surface area contributed by atoms with Crippen molar-refractivity contribution in [2.45, 2.75) is 6.04 Å². The highest BCUT2D eigenvalue weighted by Crippen LogP contribution is 2.20. The van der Waals surface area contributed by atoms with E-state index >= 15 is 0 Å².